The number of carbonyl (C=O) groups excluding carboxylic acids is 1. The molecule has 0 aliphatic heterocycles. The molecule has 2 aromatic rings. The first-order valence-electron chi connectivity index (χ1n) is 6.29. The first-order chi connectivity index (χ1) is 9.56. The summed E-state index contributed by atoms with van der Waals surface area (Å²) in [6.07, 6.45) is 3.69. The third-order valence-corrected chi connectivity index (χ3v) is 3.32. The van der Waals surface area contributed by atoms with Crippen molar-refractivity contribution in [1.82, 2.24) is 14.8 Å². The van der Waals surface area contributed by atoms with E-state index in [1.165, 1.54) is 11.3 Å². The molecule has 0 bridgehead atoms. The van der Waals surface area contributed by atoms with Gasteiger partial charge < -0.3 is 9.47 Å². The van der Waals surface area contributed by atoms with Crippen molar-refractivity contribution in [2.24, 2.45) is 7.05 Å². The topological polar surface area (TPSA) is 66.2 Å². The van der Waals surface area contributed by atoms with Crippen molar-refractivity contribution < 1.29 is 14.3 Å². The highest BCUT2D eigenvalue weighted by Gasteiger charge is 2.14. The average molecular weight is 295 g/mol. The van der Waals surface area contributed by atoms with Crippen LogP contribution in [0.15, 0.2) is 17.8 Å². The molecule has 0 N–H and O–H groups in total. The second-order valence-electron chi connectivity index (χ2n) is 4.50. The van der Waals surface area contributed by atoms with Crippen LogP contribution in [0.5, 0.6) is 0 Å². The molecule has 0 atom stereocenters. The van der Waals surface area contributed by atoms with Crippen LogP contribution in [0.25, 0.3) is 10.6 Å². The van der Waals surface area contributed by atoms with E-state index in [0.717, 1.165) is 10.6 Å². The second-order valence-corrected chi connectivity index (χ2v) is 5.35. The van der Waals surface area contributed by atoms with E-state index in [1.807, 2.05) is 27.1 Å². The molecule has 0 saturated carbocycles. The molecule has 0 aliphatic carbocycles. The first-order valence-corrected chi connectivity index (χ1v) is 7.17. The summed E-state index contributed by atoms with van der Waals surface area (Å²) in [5.41, 5.74) is 1.21. The van der Waals surface area contributed by atoms with Crippen LogP contribution in [0, 0.1) is 0 Å². The minimum Gasteiger partial charge on any atom is -0.458 e. The Bertz CT molecular complexity index is 577. The molecule has 0 aliphatic rings. The molecule has 0 unspecified atom stereocenters. The first kappa shape index (κ1) is 14.7. The van der Waals surface area contributed by atoms with Gasteiger partial charge in [-0.25, -0.2) is 9.78 Å². The van der Waals surface area contributed by atoms with Gasteiger partial charge in [0.2, 0.25) is 0 Å². The van der Waals surface area contributed by atoms with Gasteiger partial charge in [0.15, 0.2) is 5.69 Å². The van der Waals surface area contributed by atoms with E-state index < -0.39 is 5.97 Å². The summed E-state index contributed by atoms with van der Waals surface area (Å²) in [7, 11) is 1.83. The highest BCUT2D eigenvalue weighted by Crippen LogP contribution is 2.23. The van der Waals surface area contributed by atoms with E-state index in [2.05, 4.69) is 10.1 Å². The molecular formula is C13H17N3O3S. The van der Waals surface area contributed by atoms with Gasteiger partial charge in [-0.05, 0) is 13.8 Å². The summed E-state index contributed by atoms with van der Waals surface area (Å²) in [6.45, 7) is 4.49. The lowest BCUT2D eigenvalue weighted by Gasteiger charge is -2.07. The van der Waals surface area contributed by atoms with Gasteiger partial charge in [-0.3, -0.25) is 4.68 Å². The number of hydrogen-bond acceptors (Lipinski definition) is 6. The van der Waals surface area contributed by atoms with Crippen molar-refractivity contribution in [2.75, 3.05) is 13.2 Å². The Balaban J connectivity index is 1.90. The molecule has 108 valence electrons. The van der Waals surface area contributed by atoms with Crippen LogP contribution in [-0.4, -0.2) is 40.1 Å². The molecule has 6 nitrogen and oxygen atoms in total. The molecule has 7 heteroatoms. The van der Waals surface area contributed by atoms with Crippen LogP contribution in [-0.2, 0) is 16.5 Å². The summed E-state index contributed by atoms with van der Waals surface area (Å²) in [5.74, 6) is -0.427. The van der Waals surface area contributed by atoms with Crippen molar-refractivity contribution >= 4 is 17.3 Å². The van der Waals surface area contributed by atoms with Crippen molar-refractivity contribution in [2.45, 2.75) is 20.0 Å². The Hall–Kier alpha value is -1.73. The van der Waals surface area contributed by atoms with Crippen molar-refractivity contribution in [3.63, 3.8) is 0 Å². The largest absolute Gasteiger partial charge is 0.458 e. The molecule has 2 heterocycles. The van der Waals surface area contributed by atoms with Gasteiger partial charge in [0.25, 0.3) is 0 Å². The smallest absolute Gasteiger partial charge is 0.357 e. The number of nitrogens with zero attached hydrogens (tertiary/aromatic N) is 3. The van der Waals surface area contributed by atoms with E-state index in [4.69, 9.17) is 9.47 Å². The number of aromatic nitrogens is 3. The molecule has 0 fully saturated rings. The fourth-order valence-corrected chi connectivity index (χ4v) is 2.29. The van der Waals surface area contributed by atoms with Crippen LogP contribution in [0.1, 0.15) is 24.3 Å². The average Bonchev–Trinajstić information content (AvgIpc) is 3.02. The fraction of sp³-hybridized carbons (Fsp3) is 0.462. The Labute approximate surface area is 121 Å². The third kappa shape index (κ3) is 3.88. The molecule has 0 spiro atoms. The van der Waals surface area contributed by atoms with Gasteiger partial charge in [0.05, 0.1) is 18.9 Å². The predicted octanol–water partition coefficient (Wildman–Crippen LogP) is 2.13. The Morgan fingerprint density at radius 2 is 2.25 bits per heavy atom. The van der Waals surface area contributed by atoms with Crippen LogP contribution in [0.3, 0.4) is 0 Å². The summed E-state index contributed by atoms with van der Waals surface area (Å²) < 4.78 is 12.1. The van der Waals surface area contributed by atoms with E-state index >= 15 is 0 Å². The van der Waals surface area contributed by atoms with Crippen molar-refractivity contribution in [3.05, 3.63) is 23.5 Å². The minimum atomic E-state index is -0.427. The quantitative estimate of drug-likeness (QED) is 0.603. The fourth-order valence-electron chi connectivity index (χ4n) is 1.52. The normalized spacial score (nSPS) is 11.0. The van der Waals surface area contributed by atoms with Crippen LogP contribution < -0.4 is 0 Å². The van der Waals surface area contributed by atoms with Crippen LogP contribution in [0.2, 0.25) is 0 Å². The number of thiazole rings is 1. The molecule has 2 aromatic heterocycles. The maximum absolute atomic E-state index is 11.8. The van der Waals surface area contributed by atoms with Gasteiger partial charge in [0.1, 0.15) is 11.6 Å². The van der Waals surface area contributed by atoms with Crippen LogP contribution in [0.4, 0.5) is 0 Å². The van der Waals surface area contributed by atoms with Gasteiger partial charge in [-0.15, -0.1) is 11.3 Å². The third-order valence-electron chi connectivity index (χ3n) is 2.43. The minimum absolute atomic E-state index is 0.130. The lowest BCUT2D eigenvalue weighted by Crippen LogP contribution is -2.13. The SMILES string of the molecule is CC(C)OCCOC(=O)c1csc(-c2cnn(C)c2)n1. The van der Waals surface area contributed by atoms with E-state index in [9.17, 15) is 4.79 Å². The van der Waals surface area contributed by atoms with Crippen molar-refractivity contribution in [3.8, 4) is 10.6 Å². The highest BCUT2D eigenvalue weighted by atomic mass is 32.1. The number of aryl methyl sites for hydroxylation is 1. The molecule has 0 aromatic carbocycles. The van der Waals surface area contributed by atoms with Crippen molar-refractivity contribution in [1.29, 1.82) is 0 Å². The van der Waals surface area contributed by atoms with E-state index in [0.29, 0.717) is 12.3 Å². The van der Waals surface area contributed by atoms with Gasteiger partial charge >= 0.3 is 5.97 Å². The number of rotatable bonds is 6. The predicted molar refractivity (Wildman–Crippen MR) is 75.7 cm³/mol. The number of carbonyl (C=O) groups is 1. The molecule has 0 saturated heterocycles. The molecule has 0 radical (unpaired) electrons. The molecule has 20 heavy (non-hydrogen) atoms. The monoisotopic (exact) mass is 295 g/mol. The van der Waals surface area contributed by atoms with Gasteiger partial charge in [-0.1, -0.05) is 0 Å². The van der Waals surface area contributed by atoms with Crippen LogP contribution >= 0.6 is 11.3 Å². The highest BCUT2D eigenvalue weighted by molar-refractivity contribution is 7.13. The lowest BCUT2D eigenvalue weighted by atomic mass is 10.4. The standard InChI is InChI=1S/C13H17N3O3S/c1-9(2)18-4-5-19-13(17)11-8-20-12(15-11)10-6-14-16(3)7-10/h6-9H,4-5H2,1-3H3. The molecule has 0 amide bonds. The van der Waals surface area contributed by atoms with Gasteiger partial charge in [0, 0.05) is 24.2 Å². The number of hydrogen-bond donors (Lipinski definition) is 0. The summed E-state index contributed by atoms with van der Waals surface area (Å²) >= 11 is 1.39. The molecular weight excluding hydrogens is 278 g/mol. The van der Waals surface area contributed by atoms with E-state index in [-0.39, 0.29) is 12.7 Å². The zero-order valence-corrected chi connectivity index (χ0v) is 12.5. The maximum Gasteiger partial charge on any atom is 0.357 e. The molecule has 2 rings (SSSR count). The summed E-state index contributed by atoms with van der Waals surface area (Å²) in [6, 6.07) is 0. The number of esters is 1. The Morgan fingerprint density at radius 3 is 2.90 bits per heavy atom. The Kier molecular flexibility index (Phi) is 4.86. The maximum atomic E-state index is 11.8. The second kappa shape index (κ2) is 6.62. The number of ether oxygens (including phenoxy) is 2. The van der Waals surface area contributed by atoms with E-state index in [1.54, 1.807) is 16.3 Å². The zero-order valence-electron chi connectivity index (χ0n) is 11.7. The van der Waals surface area contributed by atoms with Gasteiger partial charge in [-0.2, -0.15) is 5.10 Å². The zero-order chi connectivity index (χ0) is 14.5. The summed E-state index contributed by atoms with van der Waals surface area (Å²) in [4.78, 5) is 16.0. The summed E-state index contributed by atoms with van der Waals surface area (Å²) in [5, 5.41) is 6.52. The lowest BCUT2D eigenvalue weighted by molar-refractivity contribution is 0.0173. The Morgan fingerprint density at radius 1 is 1.45 bits per heavy atom.